The predicted molar refractivity (Wildman–Crippen MR) is 146 cm³/mol. The van der Waals surface area contributed by atoms with E-state index in [0.29, 0.717) is 18.7 Å². The topological polar surface area (TPSA) is 76.7 Å². The second-order valence-corrected chi connectivity index (χ2v) is 8.86. The van der Waals surface area contributed by atoms with Crippen molar-refractivity contribution in [2.75, 3.05) is 49.9 Å². The van der Waals surface area contributed by atoms with Gasteiger partial charge >= 0.3 is 6.03 Å². The van der Waals surface area contributed by atoms with Gasteiger partial charge in [0, 0.05) is 56.2 Å². The number of urea groups is 1. The van der Waals surface area contributed by atoms with Crippen LogP contribution in [0, 0.1) is 0 Å². The van der Waals surface area contributed by atoms with E-state index in [2.05, 4.69) is 39.0 Å². The van der Waals surface area contributed by atoms with Gasteiger partial charge in [0.1, 0.15) is 0 Å². The molecule has 3 aromatic rings. The van der Waals surface area contributed by atoms with Crippen molar-refractivity contribution in [3.63, 3.8) is 0 Å². The number of carbonyl (C=O) groups is 2. The standard InChI is InChI=1S/C29H35N5O2/c1-3-33(4-2)28(35)23-15-13-22(14-16-23)27(34-19-17-30-18-20-34)24-9-8-12-26(21-24)32-29(36)31-25-10-6-5-7-11-25/h5-16,21,27,30H,3-4,17-20H2,1-2H3,(H2,31,32,36)/t27-/m1/s1. The molecule has 1 saturated heterocycles. The highest BCUT2D eigenvalue weighted by atomic mass is 16.2. The SMILES string of the molecule is CCN(CC)C(=O)c1ccc([C@H](c2cccc(NC(=O)Nc3ccccc3)c2)N2CCNCC2)cc1. The average molecular weight is 486 g/mol. The van der Waals surface area contributed by atoms with Crippen LogP contribution in [0.1, 0.15) is 41.4 Å². The van der Waals surface area contributed by atoms with Crippen LogP contribution in [-0.2, 0) is 0 Å². The summed E-state index contributed by atoms with van der Waals surface area (Å²) in [5.74, 6) is 0.0564. The van der Waals surface area contributed by atoms with E-state index in [9.17, 15) is 9.59 Å². The zero-order valence-electron chi connectivity index (χ0n) is 21.0. The lowest BCUT2D eigenvalue weighted by molar-refractivity contribution is 0.0773. The molecular weight excluding hydrogens is 450 g/mol. The van der Waals surface area contributed by atoms with Gasteiger partial charge in [-0.3, -0.25) is 9.69 Å². The first-order valence-electron chi connectivity index (χ1n) is 12.7. The van der Waals surface area contributed by atoms with Gasteiger partial charge in [-0.25, -0.2) is 4.79 Å². The van der Waals surface area contributed by atoms with Gasteiger partial charge in [0.05, 0.1) is 6.04 Å². The molecule has 0 aliphatic carbocycles. The van der Waals surface area contributed by atoms with Crippen LogP contribution in [0.3, 0.4) is 0 Å². The number of benzene rings is 3. The number of para-hydroxylation sites is 1. The zero-order valence-corrected chi connectivity index (χ0v) is 21.0. The number of rotatable bonds is 8. The predicted octanol–water partition coefficient (Wildman–Crippen LogP) is 4.81. The van der Waals surface area contributed by atoms with Crippen LogP contribution in [0.5, 0.6) is 0 Å². The van der Waals surface area contributed by atoms with E-state index >= 15 is 0 Å². The molecule has 0 spiro atoms. The molecule has 188 valence electrons. The summed E-state index contributed by atoms with van der Waals surface area (Å²) in [6.45, 7) is 9.05. The second-order valence-electron chi connectivity index (χ2n) is 8.86. The fourth-order valence-electron chi connectivity index (χ4n) is 4.66. The lowest BCUT2D eigenvalue weighted by atomic mass is 9.95. The van der Waals surface area contributed by atoms with Gasteiger partial charge in [0.25, 0.3) is 5.91 Å². The molecule has 1 aliphatic rings. The molecule has 0 aromatic heterocycles. The maximum Gasteiger partial charge on any atom is 0.323 e. The summed E-state index contributed by atoms with van der Waals surface area (Å²) in [6, 6.07) is 25.1. The van der Waals surface area contributed by atoms with E-state index in [4.69, 9.17) is 0 Å². The smallest absolute Gasteiger partial charge is 0.323 e. The van der Waals surface area contributed by atoms with Crippen LogP contribution in [0.25, 0.3) is 0 Å². The van der Waals surface area contributed by atoms with Crippen LogP contribution in [0.4, 0.5) is 16.2 Å². The fraction of sp³-hybridized carbons (Fsp3) is 0.310. The van der Waals surface area contributed by atoms with E-state index < -0.39 is 0 Å². The zero-order chi connectivity index (χ0) is 25.3. The second kappa shape index (κ2) is 12.3. The molecule has 4 rings (SSSR count). The van der Waals surface area contributed by atoms with Crippen LogP contribution in [0.15, 0.2) is 78.9 Å². The average Bonchev–Trinajstić information content (AvgIpc) is 2.91. The van der Waals surface area contributed by atoms with E-state index in [1.165, 1.54) is 0 Å². The minimum absolute atomic E-state index is 0.0173. The summed E-state index contributed by atoms with van der Waals surface area (Å²) in [5, 5.41) is 9.25. The van der Waals surface area contributed by atoms with Gasteiger partial charge in [0.15, 0.2) is 0 Å². The molecule has 0 radical (unpaired) electrons. The van der Waals surface area contributed by atoms with Gasteiger partial charge in [0.2, 0.25) is 0 Å². The third-order valence-electron chi connectivity index (χ3n) is 6.53. The normalized spacial score (nSPS) is 14.6. The quantitative estimate of drug-likeness (QED) is 0.428. The van der Waals surface area contributed by atoms with Crippen LogP contribution >= 0.6 is 0 Å². The molecule has 1 aliphatic heterocycles. The number of anilines is 2. The lowest BCUT2D eigenvalue weighted by Crippen LogP contribution is -2.45. The minimum Gasteiger partial charge on any atom is -0.339 e. The summed E-state index contributed by atoms with van der Waals surface area (Å²) in [7, 11) is 0. The molecule has 36 heavy (non-hydrogen) atoms. The first kappa shape index (κ1) is 25.4. The van der Waals surface area contributed by atoms with Crippen LogP contribution in [-0.4, -0.2) is 61.0 Å². The molecule has 3 aromatic carbocycles. The van der Waals surface area contributed by atoms with E-state index in [-0.39, 0.29) is 18.0 Å². The number of amides is 3. The molecule has 0 unspecified atom stereocenters. The van der Waals surface area contributed by atoms with Crippen LogP contribution in [0.2, 0.25) is 0 Å². The Morgan fingerprint density at radius 2 is 1.47 bits per heavy atom. The highest BCUT2D eigenvalue weighted by Gasteiger charge is 2.25. The van der Waals surface area contributed by atoms with Crippen molar-refractivity contribution in [3.05, 3.63) is 95.6 Å². The van der Waals surface area contributed by atoms with Gasteiger partial charge in [-0.2, -0.15) is 0 Å². The Labute approximate surface area is 213 Å². The van der Waals surface area contributed by atoms with Crippen molar-refractivity contribution >= 4 is 23.3 Å². The molecule has 3 amide bonds. The highest BCUT2D eigenvalue weighted by molar-refractivity contribution is 5.99. The molecule has 1 fully saturated rings. The van der Waals surface area contributed by atoms with E-state index in [1.54, 1.807) is 0 Å². The van der Waals surface area contributed by atoms with Crippen molar-refractivity contribution < 1.29 is 9.59 Å². The summed E-state index contributed by atoms with van der Waals surface area (Å²) < 4.78 is 0. The number of hydrogen-bond donors (Lipinski definition) is 3. The van der Waals surface area contributed by atoms with Gasteiger partial charge in [-0.1, -0.05) is 42.5 Å². The molecule has 0 bridgehead atoms. The Morgan fingerprint density at radius 3 is 2.14 bits per heavy atom. The Morgan fingerprint density at radius 1 is 0.833 bits per heavy atom. The monoisotopic (exact) mass is 485 g/mol. The molecular formula is C29H35N5O2. The van der Waals surface area contributed by atoms with Crippen LogP contribution < -0.4 is 16.0 Å². The Hall–Kier alpha value is -3.68. The van der Waals surface area contributed by atoms with Crippen molar-refractivity contribution in [2.24, 2.45) is 0 Å². The maximum absolute atomic E-state index is 12.8. The summed E-state index contributed by atoms with van der Waals surface area (Å²) in [5.41, 5.74) is 4.39. The Balaban J connectivity index is 1.57. The maximum atomic E-state index is 12.8. The largest absolute Gasteiger partial charge is 0.339 e. The Bertz CT molecular complexity index is 1140. The fourth-order valence-corrected chi connectivity index (χ4v) is 4.66. The molecule has 7 nitrogen and oxygen atoms in total. The number of piperazine rings is 1. The van der Waals surface area contributed by atoms with Gasteiger partial charge < -0.3 is 20.9 Å². The lowest BCUT2D eigenvalue weighted by Gasteiger charge is -2.36. The number of carbonyl (C=O) groups excluding carboxylic acids is 2. The summed E-state index contributed by atoms with van der Waals surface area (Å²) in [6.07, 6.45) is 0. The minimum atomic E-state index is -0.281. The van der Waals surface area contributed by atoms with Crippen molar-refractivity contribution in [1.29, 1.82) is 0 Å². The third-order valence-corrected chi connectivity index (χ3v) is 6.53. The molecule has 0 saturated carbocycles. The number of nitrogens with zero attached hydrogens (tertiary/aromatic N) is 2. The van der Waals surface area contributed by atoms with Crippen molar-refractivity contribution in [1.82, 2.24) is 15.1 Å². The number of nitrogens with one attached hydrogen (secondary N) is 3. The summed E-state index contributed by atoms with van der Waals surface area (Å²) in [4.78, 5) is 29.6. The van der Waals surface area contributed by atoms with Gasteiger partial charge in [-0.05, 0) is 61.4 Å². The molecule has 1 atom stereocenters. The van der Waals surface area contributed by atoms with Crippen molar-refractivity contribution in [3.8, 4) is 0 Å². The van der Waals surface area contributed by atoms with Crippen molar-refractivity contribution in [2.45, 2.75) is 19.9 Å². The highest BCUT2D eigenvalue weighted by Crippen LogP contribution is 2.31. The molecule has 1 heterocycles. The molecule has 3 N–H and O–H groups in total. The van der Waals surface area contributed by atoms with E-state index in [1.807, 2.05) is 79.4 Å². The first-order chi connectivity index (χ1) is 17.6. The van der Waals surface area contributed by atoms with Gasteiger partial charge in [-0.15, -0.1) is 0 Å². The third kappa shape index (κ3) is 6.30. The molecule has 7 heteroatoms. The first-order valence-corrected chi connectivity index (χ1v) is 12.7. The van der Waals surface area contributed by atoms with E-state index in [0.717, 1.165) is 48.7 Å². The number of hydrogen-bond acceptors (Lipinski definition) is 4. The Kier molecular flexibility index (Phi) is 8.71. The summed E-state index contributed by atoms with van der Waals surface area (Å²) >= 11 is 0.